The van der Waals surface area contributed by atoms with Crippen molar-refractivity contribution in [3.63, 3.8) is 0 Å². The Balaban J connectivity index is 1.73. The van der Waals surface area contributed by atoms with Crippen LogP contribution < -0.4 is 10.3 Å². The second-order valence-corrected chi connectivity index (χ2v) is 8.59. The molecule has 33 heavy (non-hydrogen) atoms. The molecule has 3 heterocycles. The molecule has 0 saturated carbocycles. The molecule has 0 bridgehead atoms. The van der Waals surface area contributed by atoms with E-state index < -0.39 is 5.56 Å². The van der Waals surface area contributed by atoms with E-state index in [9.17, 15) is 4.79 Å². The van der Waals surface area contributed by atoms with Crippen LogP contribution >= 0.6 is 23.2 Å². The van der Waals surface area contributed by atoms with Crippen LogP contribution in [0.15, 0.2) is 47.5 Å². The third-order valence-corrected chi connectivity index (χ3v) is 5.61. The van der Waals surface area contributed by atoms with E-state index in [1.54, 1.807) is 36.1 Å². The van der Waals surface area contributed by atoms with E-state index in [-0.39, 0.29) is 23.4 Å². The lowest BCUT2D eigenvalue weighted by Gasteiger charge is -2.15. The first-order valence-corrected chi connectivity index (χ1v) is 11.0. The van der Waals surface area contributed by atoms with Gasteiger partial charge in [-0.25, -0.2) is 9.97 Å². The first kappa shape index (κ1) is 22.9. The zero-order valence-corrected chi connectivity index (χ0v) is 20.1. The highest BCUT2D eigenvalue weighted by Crippen LogP contribution is 2.29. The highest BCUT2D eigenvalue weighted by Gasteiger charge is 2.18. The van der Waals surface area contributed by atoms with E-state index in [0.29, 0.717) is 22.2 Å². The molecule has 0 N–H and O–H groups in total. The summed E-state index contributed by atoms with van der Waals surface area (Å²) in [6, 6.07) is 8.97. The Morgan fingerprint density at radius 3 is 2.61 bits per heavy atom. The largest absolute Gasteiger partial charge is 0.470 e. The van der Waals surface area contributed by atoms with Gasteiger partial charge in [0.2, 0.25) is 5.88 Å². The summed E-state index contributed by atoms with van der Waals surface area (Å²) in [6.07, 6.45) is 3.52. The second kappa shape index (κ2) is 9.33. The molecule has 0 aliphatic heterocycles. The van der Waals surface area contributed by atoms with Gasteiger partial charge in [-0.3, -0.25) is 14.0 Å². The highest BCUT2D eigenvalue weighted by atomic mass is 35.5. The van der Waals surface area contributed by atoms with Crippen LogP contribution in [-0.2, 0) is 13.7 Å². The van der Waals surface area contributed by atoms with Crippen LogP contribution in [0.2, 0.25) is 10.0 Å². The summed E-state index contributed by atoms with van der Waals surface area (Å²) in [5.41, 5.74) is 2.18. The van der Waals surface area contributed by atoms with Gasteiger partial charge in [0.15, 0.2) is 5.02 Å². The molecule has 10 heteroatoms. The van der Waals surface area contributed by atoms with Gasteiger partial charge in [0.1, 0.15) is 18.3 Å². The first-order chi connectivity index (χ1) is 15.7. The Bertz CT molecular complexity index is 1380. The average molecular weight is 485 g/mol. The molecule has 3 aromatic heterocycles. The van der Waals surface area contributed by atoms with Crippen LogP contribution in [-0.4, -0.2) is 29.3 Å². The summed E-state index contributed by atoms with van der Waals surface area (Å²) in [4.78, 5) is 26.5. The van der Waals surface area contributed by atoms with Crippen molar-refractivity contribution in [1.82, 2.24) is 29.3 Å². The predicted molar refractivity (Wildman–Crippen MR) is 127 cm³/mol. The number of aryl methyl sites for hydroxylation is 2. The third-order valence-electron chi connectivity index (χ3n) is 4.96. The lowest BCUT2D eigenvalue weighted by atomic mass is 10.1. The van der Waals surface area contributed by atoms with E-state index in [1.165, 1.54) is 4.57 Å². The molecule has 0 saturated heterocycles. The van der Waals surface area contributed by atoms with Crippen LogP contribution in [0.1, 0.15) is 37.1 Å². The molecular formula is C23H22Cl2N6O2. The number of hydrogen-bond donors (Lipinski definition) is 0. The van der Waals surface area contributed by atoms with Gasteiger partial charge in [0.05, 0.1) is 22.1 Å². The van der Waals surface area contributed by atoms with Gasteiger partial charge in [-0.1, -0.05) is 43.1 Å². The Morgan fingerprint density at radius 2 is 1.91 bits per heavy atom. The minimum atomic E-state index is -0.482. The number of rotatable bonds is 6. The topological polar surface area (TPSA) is 87.7 Å². The maximum absolute atomic E-state index is 13.2. The van der Waals surface area contributed by atoms with Gasteiger partial charge >= 0.3 is 0 Å². The lowest BCUT2D eigenvalue weighted by Crippen LogP contribution is -2.24. The van der Waals surface area contributed by atoms with Crippen molar-refractivity contribution >= 4 is 23.2 Å². The van der Waals surface area contributed by atoms with Gasteiger partial charge in [0.25, 0.3) is 5.56 Å². The highest BCUT2D eigenvalue weighted by molar-refractivity contribution is 6.33. The molecule has 0 aliphatic rings. The standard InChI is InChI=1S/C23H22Cl2N6O2/c1-13(2)21-26-9-7-18(28-21)15-5-6-17(24)19(11-15)31-14(3)27-22(20(25)23(31)32)33-12-16-8-10-30(4)29-16/h5-11,13H,12H2,1-4H3. The molecular weight excluding hydrogens is 463 g/mol. The summed E-state index contributed by atoms with van der Waals surface area (Å²) in [5, 5.41) is 4.48. The minimum Gasteiger partial charge on any atom is -0.470 e. The zero-order chi connectivity index (χ0) is 23.7. The molecule has 0 amide bonds. The summed E-state index contributed by atoms with van der Waals surface area (Å²) < 4.78 is 8.69. The van der Waals surface area contributed by atoms with Crippen molar-refractivity contribution in [3.8, 4) is 22.8 Å². The fourth-order valence-corrected chi connectivity index (χ4v) is 3.68. The van der Waals surface area contributed by atoms with Crippen molar-refractivity contribution < 1.29 is 4.74 Å². The van der Waals surface area contributed by atoms with Crippen LogP contribution in [0.3, 0.4) is 0 Å². The molecule has 0 radical (unpaired) electrons. The average Bonchev–Trinajstić information content (AvgIpc) is 3.21. The zero-order valence-electron chi connectivity index (χ0n) is 18.6. The summed E-state index contributed by atoms with van der Waals surface area (Å²) in [6.45, 7) is 5.88. The molecule has 8 nitrogen and oxygen atoms in total. The van der Waals surface area contributed by atoms with Gasteiger partial charge < -0.3 is 4.74 Å². The van der Waals surface area contributed by atoms with Crippen molar-refractivity contribution in [3.05, 3.63) is 80.5 Å². The van der Waals surface area contributed by atoms with Gasteiger partial charge in [-0.2, -0.15) is 10.1 Å². The molecule has 0 fully saturated rings. The maximum Gasteiger partial charge on any atom is 0.280 e. The minimum absolute atomic E-state index is 0.0470. The van der Waals surface area contributed by atoms with Crippen LogP contribution in [0, 0.1) is 6.92 Å². The van der Waals surface area contributed by atoms with Crippen LogP contribution in [0.4, 0.5) is 0 Å². The molecule has 0 atom stereocenters. The monoisotopic (exact) mass is 484 g/mol. The molecule has 0 spiro atoms. The summed E-state index contributed by atoms with van der Waals surface area (Å²) >= 11 is 12.8. The lowest BCUT2D eigenvalue weighted by molar-refractivity contribution is 0.286. The predicted octanol–water partition coefficient (Wildman–Crippen LogP) is 4.74. The van der Waals surface area contributed by atoms with Crippen molar-refractivity contribution in [2.75, 3.05) is 0 Å². The van der Waals surface area contributed by atoms with Gasteiger partial charge in [0, 0.05) is 30.9 Å². The van der Waals surface area contributed by atoms with E-state index in [1.807, 2.05) is 39.1 Å². The van der Waals surface area contributed by atoms with E-state index >= 15 is 0 Å². The first-order valence-electron chi connectivity index (χ1n) is 10.3. The number of ether oxygens (including phenoxy) is 1. The quantitative estimate of drug-likeness (QED) is 0.392. The Kier molecular flexibility index (Phi) is 6.49. The van der Waals surface area contributed by atoms with Gasteiger partial charge in [-0.05, 0) is 31.2 Å². The SMILES string of the molecule is Cc1nc(OCc2ccn(C)n2)c(Cl)c(=O)n1-c1cc(-c2ccnc(C(C)C)n2)ccc1Cl. The fraction of sp³-hybridized carbons (Fsp3) is 0.261. The maximum atomic E-state index is 13.2. The summed E-state index contributed by atoms with van der Waals surface area (Å²) in [5.74, 6) is 1.34. The molecule has 0 aliphatic carbocycles. The van der Waals surface area contributed by atoms with E-state index in [4.69, 9.17) is 27.9 Å². The Labute approximate surface area is 200 Å². The van der Waals surface area contributed by atoms with E-state index in [2.05, 4.69) is 20.1 Å². The van der Waals surface area contributed by atoms with Crippen molar-refractivity contribution in [1.29, 1.82) is 0 Å². The van der Waals surface area contributed by atoms with Crippen molar-refractivity contribution in [2.45, 2.75) is 33.3 Å². The Morgan fingerprint density at radius 1 is 1.12 bits per heavy atom. The van der Waals surface area contributed by atoms with E-state index in [0.717, 1.165) is 17.1 Å². The number of halogens is 2. The fourth-order valence-electron chi connectivity index (χ4n) is 3.30. The molecule has 1 aromatic carbocycles. The van der Waals surface area contributed by atoms with Crippen LogP contribution in [0.25, 0.3) is 16.9 Å². The third kappa shape index (κ3) is 4.77. The Hall–Kier alpha value is -3.23. The van der Waals surface area contributed by atoms with Gasteiger partial charge in [-0.15, -0.1) is 0 Å². The number of aromatic nitrogens is 6. The van der Waals surface area contributed by atoms with Crippen molar-refractivity contribution in [2.24, 2.45) is 7.05 Å². The molecule has 4 aromatic rings. The second-order valence-electron chi connectivity index (χ2n) is 7.81. The number of nitrogens with zero attached hydrogens (tertiary/aromatic N) is 6. The molecule has 170 valence electrons. The number of hydrogen-bond acceptors (Lipinski definition) is 6. The normalized spacial score (nSPS) is 11.2. The summed E-state index contributed by atoms with van der Waals surface area (Å²) in [7, 11) is 1.81. The molecule has 0 unspecified atom stereocenters. The number of benzene rings is 1. The smallest absolute Gasteiger partial charge is 0.280 e. The molecule has 4 rings (SSSR count). The van der Waals surface area contributed by atoms with Crippen LogP contribution in [0.5, 0.6) is 5.88 Å².